The molecule has 5 nitrogen and oxygen atoms in total. The van der Waals surface area contributed by atoms with E-state index in [0.29, 0.717) is 29.1 Å². The van der Waals surface area contributed by atoms with E-state index in [1.54, 1.807) is 6.07 Å². The molecule has 0 saturated heterocycles. The van der Waals surface area contributed by atoms with E-state index < -0.39 is 0 Å². The van der Waals surface area contributed by atoms with Crippen molar-refractivity contribution < 1.29 is 9.53 Å². The second kappa shape index (κ2) is 7.93. The third-order valence-corrected chi connectivity index (χ3v) is 4.79. The fourth-order valence-corrected chi connectivity index (χ4v) is 2.95. The van der Waals surface area contributed by atoms with E-state index in [-0.39, 0.29) is 12.0 Å². The van der Waals surface area contributed by atoms with Crippen molar-refractivity contribution in [3.05, 3.63) is 52.3 Å². The van der Waals surface area contributed by atoms with Crippen molar-refractivity contribution in [3.8, 4) is 5.75 Å². The smallest absolute Gasteiger partial charge is 0.268 e. The average Bonchev–Trinajstić information content (AvgIpc) is 2.94. The zero-order valence-corrected chi connectivity index (χ0v) is 15.3. The normalized spacial score (nSPS) is 15.5. The topological polar surface area (TPSA) is 66.2 Å². The summed E-state index contributed by atoms with van der Waals surface area (Å²) in [5.74, 6) is 0.617. The Balaban J connectivity index is 1.74. The number of aromatic amines is 1. The van der Waals surface area contributed by atoms with E-state index in [2.05, 4.69) is 15.6 Å². The van der Waals surface area contributed by atoms with E-state index in [1.807, 2.05) is 38.2 Å². The van der Waals surface area contributed by atoms with Gasteiger partial charge in [-0.25, -0.2) is 0 Å². The fourth-order valence-electron chi connectivity index (χ4n) is 2.82. The van der Waals surface area contributed by atoms with Gasteiger partial charge in [-0.2, -0.15) is 0 Å². The summed E-state index contributed by atoms with van der Waals surface area (Å²) in [5.41, 5.74) is 2.43. The van der Waals surface area contributed by atoms with E-state index in [0.717, 1.165) is 24.1 Å². The van der Waals surface area contributed by atoms with Crippen LogP contribution in [0.5, 0.6) is 5.75 Å². The summed E-state index contributed by atoms with van der Waals surface area (Å²) in [6.07, 6.45) is 3.17. The van der Waals surface area contributed by atoms with Crippen LogP contribution in [0.3, 0.4) is 0 Å². The van der Waals surface area contributed by atoms with Crippen LogP contribution < -0.4 is 15.4 Å². The Hall–Kier alpha value is -1.98. The monoisotopic (exact) mass is 361 g/mol. The maximum atomic E-state index is 12.4. The summed E-state index contributed by atoms with van der Waals surface area (Å²) in [7, 11) is 1.86. The Morgan fingerprint density at radius 1 is 1.36 bits per heavy atom. The lowest BCUT2D eigenvalue weighted by atomic mass is 9.93. The lowest BCUT2D eigenvalue weighted by Gasteiger charge is -2.25. The minimum absolute atomic E-state index is 0.0731. The van der Waals surface area contributed by atoms with Crippen molar-refractivity contribution in [1.82, 2.24) is 15.6 Å². The van der Waals surface area contributed by atoms with Crippen molar-refractivity contribution in [2.45, 2.75) is 44.9 Å². The molecule has 2 aromatic rings. The number of carbonyl (C=O) groups excluding carboxylic acids is 1. The van der Waals surface area contributed by atoms with Crippen molar-refractivity contribution in [3.63, 3.8) is 0 Å². The van der Waals surface area contributed by atoms with Crippen LogP contribution in [0.4, 0.5) is 0 Å². The summed E-state index contributed by atoms with van der Waals surface area (Å²) in [6.45, 7) is 2.58. The Bertz CT molecular complexity index is 723. The van der Waals surface area contributed by atoms with Crippen LogP contribution in [-0.4, -0.2) is 24.0 Å². The molecule has 1 amide bonds. The van der Waals surface area contributed by atoms with Crippen LogP contribution in [0, 0.1) is 0 Å². The quantitative estimate of drug-likeness (QED) is 0.702. The summed E-state index contributed by atoms with van der Waals surface area (Å²) >= 11 is 5.94. The third-order valence-electron chi connectivity index (χ3n) is 4.54. The maximum absolute atomic E-state index is 12.4. The molecule has 1 fully saturated rings. The highest BCUT2D eigenvalue weighted by molar-refractivity contribution is 6.30. The molecule has 25 heavy (non-hydrogen) atoms. The van der Waals surface area contributed by atoms with Gasteiger partial charge in [0.2, 0.25) is 0 Å². The van der Waals surface area contributed by atoms with Gasteiger partial charge in [-0.15, -0.1) is 0 Å². The first-order valence-corrected chi connectivity index (χ1v) is 9.04. The highest BCUT2D eigenvalue weighted by Gasteiger charge is 2.22. The molecule has 1 heterocycles. The van der Waals surface area contributed by atoms with Gasteiger partial charge in [0.15, 0.2) is 0 Å². The molecule has 134 valence electrons. The molecule has 3 N–H and O–H groups in total. The number of nitrogens with one attached hydrogen (secondary N) is 3. The van der Waals surface area contributed by atoms with Crippen molar-refractivity contribution in [2.75, 3.05) is 7.05 Å². The van der Waals surface area contributed by atoms with Crippen LogP contribution >= 0.6 is 11.6 Å². The van der Waals surface area contributed by atoms with Crippen LogP contribution in [0.25, 0.3) is 0 Å². The van der Waals surface area contributed by atoms with Crippen molar-refractivity contribution in [1.29, 1.82) is 0 Å². The number of ether oxygens (including phenoxy) is 1. The largest absolute Gasteiger partial charge is 0.484 e. The van der Waals surface area contributed by atoms with E-state index in [4.69, 9.17) is 16.3 Å². The summed E-state index contributed by atoms with van der Waals surface area (Å²) in [4.78, 5) is 15.6. The summed E-state index contributed by atoms with van der Waals surface area (Å²) < 4.78 is 6.11. The predicted octanol–water partition coefficient (Wildman–Crippen LogP) is 3.81. The summed E-state index contributed by atoms with van der Waals surface area (Å²) in [6, 6.07) is 9.68. The molecule has 0 spiro atoms. The van der Waals surface area contributed by atoms with Crippen LogP contribution in [-0.2, 0) is 6.54 Å². The molecule has 0 radical (unpaired) electrons. The molecule has 1 aromatic heterocycles. The van der Waals surface area contributed by atoms with E-state index >= 15 is 0 Å². The minimum Gasteiger partial charge on any atom is -0.484 e. The number of amides is 1. The van der Waals surface area contributed by atoms with Gasteiger partial charge in [-0.3, -0.25) is 4.79 Å². The van der Waals surface area contributed by atoms with Gasteiger partial charge in [0.05, 0.1) is 5.69 Å². The molecule has 0 unspecified atom stereocenters. The number of hydrogen-bond donors (Lipinski definition) is 3. The van der Waals surface area contributed by atoms with Gasteiger partial charge < -0.3 is 20.4 Å². The first kappa shape index (κ1) is 17.8. The maximum Gasteiger partial charge on any atom is 0.268 e. The number of benzene rings is 1. The Kier molecular flexibility index (Phi) is 5.66. The Morgan fingerprint density at radius 3 is 2.68 bits per heavy atom. The van der Waals surface area contributed by atoms with Gasteiger partial charge in [-0.05, 0) is 50.9 Å². The molecular weight excluding hydrogens is 338 g/mol. The van der Waals surface area contributed by atoms with Gasteiger partial charge in [0.25, 0.3) is 5.91 Å². The first-order valence-electron chi connectivity index (χ1n) is 8.66. The van der Waals surface area contributed by atoms with Gasteiger partial charge in [0, 0.05) is 23.7 Å². The number of carbonyl (C=O) groups is 1. The second-order valence-corrected chi connectivity index (χ2v) is 6.91. The van der Waals surface area contributed by atoms with Crippen molar-refractivity contribution in [2.24, 2.45) is 0 Å². The van der Waals surface area contributed by atoms with Crippen LogP contribution in [0.2, 0.25) is 5.02 Å². The van der Waals surface area contributed by atoms with E-state index in [9.17, 15) is 4.79 Å². The zero-order valence-electron chi connectivity index (χ0n) is 14.6. The number of rotatable bonds is 7. The fraction of sp³-hybridized carbons (Fsp3) is 0.421. The number of H-pyrrole nitrogens is 1. The van der Waals surface area contributed by atoms with Gasteiger partial charge in [0.1, 0.15) is 17.5 Å². The predicted molar refractivity (Wildman–Crippen MR) is 99.2 cm³/mol. The highest BCUT2D eigenvalue weighted by Crippen LogP contribution is 2.28. The zero-order chi connectivity index (χ0) is 17.8. The molecule has 6 heteroatoms. The van der Waals surface area contributed by atoms with E-state index in [1.165, 1.54) is 6.42 Å². The van der Waals surface area contributed by atoms with Crippen molar-refractivity contribution >= 4 is 17.5 Å². The Labute approximate surface area is 153 Å². The third kappa shape index (κ3) is 4.35. The number of halogens is 1. The van der Waals surface area contributed by atoms with Crippen LogP contribution in [0.15, 0.2) is 30.3 Å². The number of hydrogen-bond acceptors (Lipinski definition) is 3. The van der Waals surface area contributed by atoms with Gasteiger partial charge in [-0.1, -0.05) is 23.7 Å². The Morgan fingerprint density at radius 2 is 2.08 bits per heavy atom. The molecule has 3 rings (SSSR count). The molecule has 0 aliphatic heterocycles. The lowest BCUT2D eigenvalue weighted by molar-refractivity contribution is 0.0912. The SMILES string of the molecule is CNCc1[nH]c(C(=O)NC2CCC2)cc1O[C@H](C)c1ccc(Cl)cc1. The molecule has 1 atom stereocenters. The molecular formula is C19H24ClN3O2. The average molecular weight is 362 g/mol. The number of aromatic nitrogens is 1. The minimum atomic E-state index is -0.147. The molecule has 1 saturated carbocycles. The molecule has 1 aromatic carbocycles. The lowest BCUT2D eigenvalue weighted by Crippen LogP contribution is -2.39. The second-order valence-electron chi connectivity index (χ2n) is 6.47. The van der Waals surface area contributed by atoms with Gasteiger partial charge >= 0.3 is 0 Å². The molecule has 1 aliphatic carbocycles. The first-order chi connectivity index (χ1) is 12.1. The molecule has 0 bridgehead atoms. The van der Waals surface area contributed by atoms with Crippen LogP contribution in [0.1, 0.15) is 54.0 Å². The standard InChI is InChI=1S/C19H24ClN3O2/c1-12(13-6-8-14(20)9-7-13)25-18-10-16(23-17(18)11-21-2)19(24)22-15-4-3-5-15/h6-10,12,15,21,23H,3-5,11H2,1-2H3,(H,22,24)/t12-/m1/s1. The molecule has 1 aliphatic rings. The highest BCUT2D eigenvalue weighted by atomic mass is 35.5. The summed E-state index contributed by atoms with van der Waals surface area (Å²) in [5, 5.41) is 6.84.